The topological polar surface area (TPSA) is 111 Å². The van der Waals surface area contributed by atoms with E-state index in [9.17, 15) is 5.11 Å². The van der Waals surface area contributed by atoms with E-state index in [4.69, 9.17) is 30.7 Å². The molecule has 9 heteroatoms. The Hall–Kier alpha value is -2.68. The molecule has 2 heterocycles. The van der Waals surface area contributed by atoms with Crippen LogP contribution in [-0.4, -0.2) is 50.8 Å². The van der Waals surface area contributed by atoms with Gasteiger partial charge in [-0.2, -0.15) is 4.98 Å². The summed E-state index contributed by atoms with van der Waals surface area (Å²) in [6.07, 6.45) is -0.979. The lowest BCUT2D eigenvalue weighted by molar-refractivity contribution is 0.0532. The fraction of sp³-hybridized carbons (Fsp3) is 0.381. The van der Waals surface area contributed by atoms with Crippen molar-refractivity contribution in [2.24, 2.45) is 0 Å². The molecule has 0 bridgehead atoms. The number of hydrogen-bond donors (Lipinski definition) is 2. The number of pyridine rings is 1. The Morgan fingerprint density at radius 3 is 2.40 bits per heavy atom. The third-order valence-corrected chi connectivity index (χ3v) is 4.34. The van der Waals surface area contributed by atoms with E-state index in [0.29, 0.717) is 28.9 Å². The fourth-order valence-corrected chi connectivity index (χ4v) is 3.10. The highest BCUT2D eigenvalue weighted by Crippen LogP contribution is 2.31. The fourth-order valence-electron chi connectivity index (χ4n) is 2.90. The molecule has 3 aromatic rings. The number of aryl methyl sites for hydroxylation is 2. The van der Waals surface area contributed by atoms with E-state index in [1.54, 1.807) is 12.1 Å². The summed E-state index contributed by atoms with van der Waals surface area (Å²) in [5.41, 5.74) is 3.06. The van der Waals surface area contributed by atoms with Crippen LogP contribution in [-0.2, 0) is 0 Å². The van der Waals surface area contributed by atoms with Crippen molar-refractivity contribution >= 4 is 11.6 Å². The van der Waals surface area contributed by atoms with Gasteiger partial charge in [0, 0.05) is 17.2 Å². The van der Waals surface area contributed by atoms with Crippen molar-refractivity contribution in [1.82, 2.24) is 15.1 Å². The Balaban J connectivity index is 1.87. The van der Waals surface area contributed by atoms with Crippen LogP contribution in [0.15, 0.2) is 28.8 Å². The van der Waals surface area contributed by atoms with Gasteiger partial charge < -0.3 is 24.2 Å². The van der Waals surface area contributed by atoms with Crippen LogP contribution < -0.4 is 9.47 Å². The van der Waals surface area contributed by atoms with Gasteiger partial charge >= 0.3 is 0 Å². The van der Waals surface area contributed by atoms with Crippen LogP contribution in [0.1, 0.15) is 25.0 Å². The van der Waals surface area contributed by atoms with Gasteiger partial charge in [-0.3, -0.25) is 0 Å². The van der Waals surface area contributed by atoms with Gasteiger partial charge in [0.25, 0.3) is 5.89 Å². The molecule has 1 atom stereocenters. The van der Waals surface area contributed by atoms with Gasteiger partial charge in [-0.1, -0.05) is 16.8 Å². The molecule has 0 amide bonds. The van der Waals surface area contributed by atoms with Crippen molar-refractivity contribution in [3.05, 3.63) is 40.5 Å². The molecule has 0 fully saturated rings. The largest absolute Gasteiger partial charge is 0.490 e. The number of hydrogen-bond acceptors (Lipinski definition) is 8. The van der Waals surface area contributed by atoms with Gasteiger partial charge in [-0.15, -0.1) is 0 Å². The first-order valence-electron chi connectivity index (χ1n) is 9.48. The highest BCUT2D eigenvalue weighted by Gasteiger charge is 2.16. The standard InChI is InChI=1S/C21H24ClN3O5/c1-11(2)29-18-8-15(7-17(22)23-18)21-24-20(25-30-21)14-5-12(3)19(13(4)6-14)28-10-16(27)9-26/h5-8,11,16,26-27H,9-10H2,1-4H3/t16-/m0/s1. The number of ether oxygens (including phenoxy) is 2. The van der Waals surface area contributed by atoms with Crippen LogP contribution in [0.25, 0.3) is 22.8 Å². The first-order chi connectivity index (χ1) is 14.3. The molecular formula is C21H24ClN3O5. The maximum Gasteiger partial charge on any atom is 0.258 e. The lowest BCUT2D eigenvalue weighted by Gasteiger charge is -2.15. The predicted molar refractivity (Wildman–Crippen MR) is 112 cm³/mol. The summed E-state index contributed by atoms with van der Waals surface area (Å²) in [7, 11) is 0. The molecule has 0 aliphatic rings. The molecule has 8 nitrogen and oxygen atoms in total. The number of nitrogens with zero attached hydrogens (tertiary/aromatic N) is 3. The SMILES string of the molecule is Cc1cc(-c2noc(-c3cc(Cl)nc(OC(C)C)c3)n2)cc(C)c1OC[C@@H](O)CO. The molecule has 0 aliphatic carbocycles. The number of halogens is 1. The summed E-state index contributed by atoms with van der Waals surface area (Å²) in [6, 6.07) is 7.07. The number of aliphatic hydroxyl groups excluding tert-OH is 2. The lowest BCUT2D eigenvalue weighted by atomic mass is 10.1. The van der Waals surface area contributed by atoms with Gasteiger partial charge in [0.1, 0.15) is 23.6 Å². The summed E-state index contributed by atoms with van der Waals surface area (Å²) in [4.78, 5) is 8.62. The normalized spacial score (nSPS) is 12.3. The summed E-state index contributed by atoms with van der Waals surface area (Å²) in [5, 5.41) is 22.8. The second-order valence-electron chi connectivity index (χ2n) is 7.19. The van der Waals surface area contributed by atoms with Crippen molar-refractivity contribution in [3.8, 4) is 34.5 Å². The maximum absolute atomic E-state index is 9.50. The Bertz CT molecular complexity index is 999. The highest BCUT2D eigenvalue weighted by molar-refractivity contribution is 6.29. The molecule has 0 unspecified atom stereocenters. The zero-order chi connectivity index (χ0) is 21.8. The molecule has 30 heavy (non-hydrogen) atoms. The van der Waals surface area contributed by atoms with E-state index in [0.717, 1.165) is 16.7 Å². The lowest BCUT2D eigenvalue weighted by Crippen LogP contribution is -2.21. The Morgan fingerprint density at radius 1 is 1.07 bits per heavy atom. The van der Waals surface area contributed by atoms with E-state index in [-0.39, 0.29) is 24.5 Å². The van der Waals surface area contributed by atoms with Gasteiger partial charge in [0.05, 0.1) is 12.7 Å². The van der Waals surface area contributed by atoms with E-state index in [1.165, 1.54) is 0 Å². The van der Waals surface area contributed by atoms with Crippen molar-refractivity contribution in [3.63, 3.8) is 0 Å². The first-order valence-corrected chi connectivity index (χ1v) is 9.86. The molecule has 2 N–H and O–H groups in total. The minimum Gasteiger partial charge on any atom is -0.490 e. The van der Waals surface area contributed by atoms with E-state index in [1.807, 2.05) is 39.8 Å². The number of benzene rings is 1. The molecule has 0 aliphatic heterocycles. The van der Waals surface area contributed by atoms with Crippen LogP contribution >= 0.6 is 11.6 Å². The maximum atomic E-state index is 9.50. The van der Waals surface area contributed by atoms with Crippen LogP contribution in [0.4, 0.5) is 0 Å². The Kier molecular flexibility index (Phi) is 6.91. The Morgan fingerprint density at radius 2 is 1.77 bits per heavy atom. The molecule has 0 saturated carbocycles. The van der Waals surface area contributed by atoms with Gasteiger partial charge in [-0.05, 0) is 57.0 Å². The van der Waals surface area contributed by atoms with E-state index < -0.39 is 6.10 Å². The number of aromatic nitrogens is 3. The quantitative estimate of drug-likeness (QED) is 0.518. The second-order valence-corrected chi connectivity index (χ2v) is 7.58. The Labute approximate surface area is 179 Å². The molecule has 1 aromatic carbocycles. The smallest absolute Gasteiger partial charge is 0.258 e. The molecule has 0 radical (unpaired) electrons. The number of rotatable bonds is 8. The molecule has 160 valence electrons. The van der Waals surface area contributed by atoms with Gasteiger partial charge in [0.15, 0.2) is 0 Å². The zero-order valence-corrected chi connectivity index (χ0v) is 18.0. The van der Waals surface area contributed by atoms with E-state index in [2.05, 4.69) is 15.1 Å². The van der Waals surface area contributed by atoms with Crippen LogP contribution in [0.5, 0.6) is 11.6 Å². The second kappa shape index (κ2) is 9.42. The number of aliphatic hydroxyl groups is 2. The van der Waals surface area contributed by atoms with Gasteiger partial charge in [0.2, 0.25) is 11.7 Å². The summed E-state index contributed by atoms with van der Waals surface area (Å²) >= 11 is 6.10. The minimum atomic E-state index is -0.931. The van der Waals surface area contributed by atoms with Crippen molar-refractivity contribution in [1.29, 1.82) is 0 Å². The van der Waals surface area contributed by atoms with Crippen LogP contribution in [0.3, 0.4) is 0 Å². The van der Waals surface area contributed by atoms with Crippen molar-refractivity contribution < 1.29 is 24.2 Å². The van der Waals surface area contributed by atoms with Crippen molar-refractivity contribution in [2.75, 3.05) is 13.2 Å². The van der Waals surface area contributed by atoms with Crippen LogP contribution in [0.2, 0.25) is 5.15 Å². The average Bonchev–Trinajstić information content (AvgIpc) is 3.16. The minimum absolute atomic E-state index is 0.00741. The average molecular weight is 434 g/mol. The third kappa shape index (κ3) is 5.27. The first kappa shape index (κ1) is 22.0. The van der Waals surface area contributed by atoms with E-state index >= 15 is 0 Å². The predicted octanol–water partition coefficient (Wildman–Crippen LogP) is 3.59. The molecule has 3 rings (SSSR count). The molecule has 2 aromatic heterocycles. The summed E-state index contributed by atoms with van der Waals surface area (Å²) < 4.78 is 16.7. The highest BCUT2D eigenvalue weighted by atomic mass is 35.5. The van der Waals surface area contributed by atoms with Crippen molar-refractivity contribution in [2.45, 2.75) is 39.9 Å². The van der Waals surface area contributed by atoms with Gasteiger partial charge in [-0.25, -0.2) is 4.98 Å². The summed E-state index contributed by atoms with van der Waals surface area (Å²) in [6.45, 7) is 7.22. The third-order valence-electron chi connectivity index (χ3n) is 4.15. The van der Waals surface area contributed by atoms with Crippen LogP contribution in [0, 0.1) is 13.8 Å². The zero-order valence-electron chi connectivity index (χ0n) is 17.2. The molecule has 0 spiro atoms. The molecular weight excluding hydrogens is 410 g/mol. The summed E-state index contributed by atoms with van der Waals surface area (Å²) in [5.74, 6) is 1.74. The molecule has 0 saturated heterocycles. The monoisotopic (exact) mass is 433 g/mol.